The number of nitrogens with two attached hydrogens (primary N) is 1. The van der Waals surface area contributed by atoms with Gasteiger partial charge in [0.25, 0.3) is 0 Å². The van der Waals surface area contributed by atoms with Gasteiger partial charge in [-0.3, -0.25) is 0 Å². The lowest BCUT2D eigenvalue weighted by Gasteiger charge is -1.93. The lowest BCUT2D eigenvalue weighted by Crippen LogP contribution is -2.12. The first-order valence-electron chi connectivity index (χ1n) is 3.65. The van der Waals surface area contributed by atoms with E-state index < -0.39 is 4.92 Å². The molecule has 0 amide bonds. The van der Waals surface area contributed by atoms with Crippen molar-refractivity contribution in [3.63, 3.8) is 0 Å². The van der Waals surface area contributed by atoms with Gasteiger partial charge in [-0.05, 0) is 27.8 Å². The summed E-state index contributed by atoms with van der Waals surface area (Å²) in [7, 11) is 0. The summed E-state index contributed by atoms with van der Waals surface area (Å²) in [5.41, 5.74) is 6.04. The van der Waals surface area contributed by atoms with Crippen molar-refractivity contribution in [1.82, 2.24) is 9.78 Å². The highest BCUT2D eigenvalue weighted by atomic mass is 79.9. The van der Waals surface area contributed by atoms with Crippen LogP contribution in [0.5, 0.6) is 0 Å². The summed E-state index contributed by atoms with van der Waals surface area (Å²) in [6.07, 6.45) is 0. The molecule has 1 aromatic rings. The highest BCUT2D eigenvalue weighted by Crippen LogP contribution is 2.26. The molecule has 0 aliphatic heterocycles. The van der Waals surface area contributed by atoms with Crippen molar-refractivity contribution in [1.29, 1.82) is 0 Å². The molecule has 1 rings (SSSR count). The van der Waals surface area contributed by atoms with Gasteiger partial charge in [0.2, 0.25) is 0 Å². The van der Waals surface area contributed by atoms with Crippen molar-refractivity contribution in [2.45, 2.75) is 13.5 Å². The Morgan fingerprint density at radius 2 is 2.38 bits per heavy atom. The van der Waals surface area contributed by atoms with Crippen LogP contribution in [0.3, 0.4) is 0 Å². The van der Waals surface area contributed by atoms with Crippen molar-refractivity contribution >= 4 is 21.7 Å². The molecule has 0 unspecified atom stereocenters. The summed E-state index contributed by atoms with van der Waals surface area (Å²) in [4.78, 5) is 9.94. The third-order valence-electron chi connectivity index (χ3n) is 1.63. The third-order valence-corrected chi connectivity index (χ3v) is 2.56. The van der Waals surface area contributed by atoms with E-state index in [1.165, 1.54) is 4.68 Å². The molecule has 0 saturated carbocycles. The molecule has 6 nitrogen and oxygen atoms in total. The molecule has 2 N–H and O–H groups in total. The van der Waals surface area contributed by atoms with Crippen molar-refractivity contribution < 1.29 is 4.92 Å². The first-order valence-corrected chi connectivity index (χ1v) is 4.44. The van der Waals surface area contributed by atoms with Gasteiger partial charge < -0.3 is 15.8 Å². The quantitative estimate of drug-likeness (QED) is 0.634. The number of nitro groups is 1. The summed E-state index contributed by atoms with van der Waals surface area (Å²) >= 11 is 3.11. The van der Waals surface area contributed by atoms with Gasteiger partial charge in [0.05, 0.1) is 17.3 Å². The Balaban J connectivity index is 3.12. The van der Waals surface area contributed by atoms with E-state index in [-0.39, 0.29) is 5.82 Å². The predicted molar refractivity (Wildman–Crippen MR) is 50.4 cm³/mol. The fourth-order valence-electron chi connectivity index (χ4n) is 0.965. The second-order valence-electron chi connectivity index (χ2n) is 2.49. The molecule has 0 bridgehead atoms. The van der Waals surface area contributed by atoms with Crippen LogP contribution in [0.15, 0.2) is 4.47 Å². The van der Waals surface area contributed by atoms with Crippen LogP contribution in [0.25, 0.3) is 0 Å². The maximum atomic E-state index is 10.5. The van der Waals surface area contributed by atoms with E-state index in [2.05, 4.69) is 21.0 Å². The van der Waals surface area contributed by atoms with Crippen LogP contribution in [-0.2, 0) is 6.54 Å². The molecular weight excluding hydrogens is 240 g/mol. The molecule has 0 aliphatic carbocycles. The number of nitrogens with zero attached hydrogens (tertiary/aromatic N) is 3. The van der Waals surface area contributed by atoms with E-state index >= 15 is 0 Å². The summed E-state index contributed by atoms with van der Waals surface area (Å²) in [5.74, 6) is -0.161. The Hall–Kier alpha value is -0.950. The largest absolute Gasteiger partial charge is 0.404 e. The molecule has 0 saturated heterocycles. The first kappa shape index (κ1) is 10.1. The molecule has 0 radical (unpaired) electrons. The summed E-state index contributed by atoms with van der Waals surface area (Å²) in [6.45, 7) is 2.64. The molecule has 13 heavy (non-hydrogen) atoms. The van der Waals surface area contributed by atoms with E-state index in [1.807, 2.05) is 0 Å². The Morgan fingerprint density at radius 1 is 1.77 bits per heavy atom. The zero-order valence-corrected chi connectivity index (χ0v) is 8.61. The first-order chi connectivity index (χ1) is 6.07. The molecule has 0 aliphatic rings. The summed E-state index contributed by atoms with van der Waals surface area (Å²) < 4.78 is 1.94. The van der Waals surface area contributed by atoms with Crippen LogP contribution in [0, 0.1) is 17.0 Å². The molecule has 7 heteroatoms. The SMILES string of the molecule is Cc1c(Br)c([N+](=O)[O-])nn1CCN. The van der Waals surface area contributed by atoms with Crippen LogP contribution < -0.4 is 5.73 Å². The molecule has 0 fully saturated rings. The topological polar surface area (TPSA) is 87.0 Å². The Morgan fingerprint density at radius 3 is 2.77 bits per heavy atom. The zero-order valence-electron chi connectivity index (χ0n) is 7.03. The van der Waals surface area contributed by atoms with E-state index in [0.29, 0.717) is 17.6 Å². The number of hydrogen-bond acceptors (Lipinski definition) is 4. The van der Waals surface area contributed by atoms with Crippen LogP contribution >= 0.6 is 15.9 Å². The van der Waals surface area contributed by atoms with E-state index in [0.717, 1.165) is 5.69 Å². The average molecular weight is 249 g/mol. The summed E-state index contributed by atoms with van der Waals surface area (Å²) in [6, 6.07) is 0. The molecule has 0 spiro atoms. The molecule has 72 valence electrons. The van der Waals surface area contributed by atoms with E-state index in [9.17, 15) is 10.1 Å². The van der Waals surface area contributed by atoms with E-state index in [1.54, 1.807) is 6.92 Å². The molecule has 1 heterocycles. The fraction of sp³-hybridized carbons (Fsp3) is 0.500. The lowest BCUT2D eigenvalue weighted by atomic mass is 10.4. The van der Waals surface area contributed by atoms with Gasteiger partial charge in [0.15, 0.2) is 0 Å². The third kappa shape index (κ3) is 1.86. The van der Waals surface area contributed by atoms with Gasteiger partial charge in [0.1, 0.15) is 4.47 Å². The van der Waals surface area contributed by atoms with Gasteiger partial charge in [-0.15, -0.1) is 0 Å². The van der Waals surface area contributed by atoms with Crippen LogP contribution in [-0.4, -0.2) is 21.2 Å². The maximum Gasteiger partial charge on any atom is 0.404 e. The van der Waals surface area contributed by atoms with Crippen molar-refractivity contribution in [3.05, 3.63) is 20.3 Å². The standard InChI is InChI=1S/C6H9BrN4O2/c1-4-5(7)6(11(12)13)9-10(4)3-2-8/h2-3,8H2,1H3. The maximum absolute atomic E-state index is 10.5. The van der Waals surface area contributed by atoms with Crippen molar-refractivity contribution in [3.8, 4) is 0 Å². The van der Waals surface area contributed by atoms with Crippen LogP contribution in [0.4, 0.5) is 5.82 Å². The predicted octanol–water partition coefficient (Wildman–Crippen LogP) is 0.821. The summed E-state index contributed by atoms with van der Waals surface area (Å²) in [5, 5.41) is 14.2. The van der Waals surface area contributed by atoms with Crippen molar-refractivity contribution in [2.75, 3.05) is 6.54 Å². The Labute approximate surface area is 83.0 Å². The minimum absolute atomic E-state index is 0.161. The van der Waals surface area contributed by atoms with E-state index in [4.69, 9.17) is 5.73 Å². The number of halogens is 1. The van der Waals surface area contributed by atoms with Crippen LogP contribution in [0.2, 0.25) is 0 Å². The minimum atomic E-state index is -0.524. The van der Waals surface area contributed by atoms with Gasteiger partial charge >= 0.3 is 5.82 Å². The lowest BCUT2D eigenvalue weighted by molar-refractivity contribution is -0.390. The minimum Gasteiger partial charge on any atom is -0.358 e. The monoisotopic (exact) mass is 248 g/mol. The fourth-order valence-corrected chi connectivity index (χ4v) is 1.39. The number of hydrogen-bond donors (Lipinski definition) is 1. The Kier molecular flexibility index (Phi) is 2.99. The van der Waals surface area contributed by atoms with Gasteiger partial charge in [-0.2, -0.15) is 4.68 Å². The number of rotatable bonds is 3. The average Bonchev–Trinajstić information content (AvgIpc) is 2.33. The molecule has 0 atom stereocenters. The zero-order chi connectivity index (χ0) is 10.0. The number of aromatic nitrogens is 2. The van der Waals surface area contributed by atoms with Gasteiger partial charge in [-0.1, -0.05) is 0 Å². The highest BCUT2D eigenvalue weighted by Gasteiger charge is 2.22. The Bertz CT molecular complexity index is 336. The van der Waals surface area contributed by atoms with Gasteiger partial charge in [0, 0.05) is 6.54 Å². The molecule has 0 aromatic carbocycles. The molecule has 1 aromatic heterocycles. The van der Waals surface area contributed by atoms with Gasteiger partial charge in [-0.25, -0.2) is 0 Å². The van der Waals surface area contributed by atoms with Crippen LogP contribution in [0.1, 0.15) is 5.69 Å². The second-order valence-corrected chi connectivity index (χ2v) is 3.28. The second kappa shape index (κ2) is 3.84. The molecular formula is C6H9BrN4O2. The highest BCUT2D eigenvalue weighted by molar-refractivity contribution is 9.10. The smallest absolute Gasteiger partial charge is 0.358 e. The normalized spacial score (nSPS) is 10.4. The van der Waals surface area contributed by atoms with Crippen molar-refractivity contribution in [2.24, 2.45) is 5.73 Å².